The van der Waals surface area contributed by atoms with Crippen molar-refractivity contribution >= 4 is 11.6 Å². The van der Waals surface area contributed by atoms with Gasteiger partial charge in [0, 0.05) is 18.6 Å². The molecule has 0 bridgehead atoms. The van der Waals surface area contributed by atoms with Crippen molar-refractivity contribution in [2.24, 2.45) is 0 Å². The van der Waals surface area contributed by atoms with Gasteiger partial charge in [-0.15, -0.1) is 0 Å². The molecule has 0 amide bonds. The largest absolute Gasteiger partial charge is 0.306 e. The smallest absolute Gasteiger partial charge is 0.141 e. The summed E-state index contributed by atoms with van der Waals surface area (Å²) in [6.07, 6.45) is 2.44. The lowest BCUT2D eigenvalue weighted by Gasteiger charge is -2.34. The number of hydrogen-bond acceptors (Lipinski definition) is 2. The number of likely N-dealkylation sites (N-methyl/N-ethyl adjacent to an activating group) is 1. The summed E-state index contributed by atoms with van der Waals surface area (Å²) in [5, 5.41) is 3.82. The second kappa shape index (κ2) is 6.69. The van der Waals surface area contributed by atoms with E-state index in [0.717, 1.165) is 18.7 Å². The second-order valence-electron chi connectivity index (χ2n) is 5.29. The molecule has 1 fully saturated rings. The average molecular weight is 285 g/mol. The molecule has 4 heteroatoms. The zero-order chi connectivity index (χ0) is 13.8. The summed E-state index contributed by atoms with van der Waals surface area (Å²) in [7, 11) is 0. The van der Waals surface area contributed by atoms with Crippen LogP contribution in [0.3, 0.4) is 0 Å². The Balaban J connectivity index is 1.96. The van der Waals surface area contributed by atoms with Crippen LogP contribution in [0.1, 0.15) is 38.3 Å². The highest BCUT2D eigenvalue weighted by Gasteiger charge is 2.20. The monoisotopic (exact) mass is 284 g/mol. The predicted molar refractivity (Wildman–Crippen MR) is 78.1 cm³/mol. The van der Waals surface area contributed by atoms with Gasteiger partial charge in [-0.3, -0.25) is 0 Å². The lowest BCUT2D eigenvalue weighted by atomic mass is 10.0. The molecule has 19 heavy (non-hydrogen) atoms. The lowest BCUT2D eigenvalue weighted by Crippen LogP contribution is -2.46. The first-order chi connectivity index (χ1) is 9.10. The molecule has 0 aliphatic carbocycles. The highest BCUT2D eigenvalue weighted by molar-refractivity contribution is 6.30. The maximum absolute atomic E-state index is 13.2. The maximum atomic E-state index is 13.2. The van der Waals surface area contributed by atoms with E-state index >= 15 is 0 Å². The number of piperidine rings is 1. The summed E-state index contributed by atoms with van der Waals surface area (Å²) in [5.41, 5.74) is 1.04. The zero-order valence-corrected chi connectivity index (χ0v) is 12.4. The van der Waals surface area contributed by atoms with Gasteiger partial charge in [0.1, 0.15) is 5.82 Å². The number of likely N-dealkylation sites (tertiary alicyclic amines) is 1. The highest BCUT2D eigenvalue weighted by atomic mass is 35.5. The van der Waals surface area contributed by atoms with E-state index in [1.165, 1.54) is 25.5 Å². The Kier molecular flexibility index (Phi) is 5.20. The van der Waals surface area contributed by atoms with Crippen LogP contribution >= 0.6 is 11.6 Å². The third-order valence-electron chi connectivity index (χ3n) is 3.88. The van der Waals surface area contributed by atoms with Crippen molar-refractivity contribution in [3.63, 3.8) is 0 Å². The van der Waals surface area contributed by atoms with E-state index in [-0.39, 0.29) is 16.9 Å². The minimum atomic E-state index is -0.354. The summed E-state index contributed by atoms with van der Waals surface area (Å²) in [6, 6.07) is 5.66. The minimum absolute atomic E-state index is 0.194. The first kappa shape index (κ1) is 14.8. The Hall–Kier alpha value is -0.640. The Morgan fingerprint density at radius 2 is 2.32 bits per heavy atom. The van der Waals surface area contributed by atoms with Crippen molar-refractivity contribution in [2.45, 2.75) is 38.8 Å². The van der Waals surface area contributed by atoms with Gasteiger partial charge < -0.3 is 10.2 Å². The fourth-order valence-electron chi connectivity index (χ4n) is 2.71. The molecule has 106 valence electrons. The van der Waals surface area contributed by atoms with Crippen LogP contribution < -0.4 is 5.32 Å². The van der Waals surface area contributed by atoms with Crippen molar-refractivity contribution in [1.82, 2.24) is 10.2 Å². The SMILES string of the molecule is CCN1CCCC(NC(C)c2ccc(F)c(Cl)c2)C1. The van der Waals surface area contributed by atoms with Crippen molar-refractivity contribution in [3.05, 3.63) is 34.6 Å². The Bertz CT molecular complexity index is 425. The fraction of sp³-hybridized carbons (Fsp3) is 0.600. The van der Waals surface area contributed by atoms with E-state index < -0.39 is 0 Å². The molecule has 2 unspecified atom stereocenters. The number of benzene rings is 1. The first-order valence-corrected chi connectivity index (χ1v) is 7.41. The van der Waals surface area contributed by atoms with Crippen LogP contribution in [0.4, 0.5) is 4.39 Å². The number of nitrogens with zero attached hydrogens (tertiary/aromatic N) is 1. The van der Waals surface area contributed by atoms with Crippen molar-refractivity contribution in [3.8, 4) is 0 Å². The molecule has 1 heterocycles. The van der Waals surface area contributed by atoms with Crippen LogP contribution in [-0.2, 0) is 0 Å². The zero-order valence-electron chi connectivity index (χ0n) is 11.6. The van der Waals surface area contributed by atoms with Gasteiger partial charge in [0.25, 0.3) is 0 Å². The number of nitrogens with one attached hydrogen (secondary N) is 1. The van der Waals surface area contributed by atoms with Gasteiger partial charge in [-0.1, -0.05) is 24.6 Å². The summed E-state index contributed by atoms with van der Waals surface area (Å²) in [6.45, 7) is 7.70. The highest BCUT2D eigenvalue weighted by Crippen LogP contribution is 2.22. The van der Waals surface area contributed by atoms with E-state index in [1.807, 2.05) is 0 Å². The fourth-order valence-corrected chi connectivity index (χ4v) is 2.90. The van der Waals surface area contributed by atoms with Crippen LogP contribution in [0, 0.1) is 5.82 Å². The Labute approximate surface area is 119 Å². The summed E-state index contributed by atoms with van der Waals surface area (Å²) >= 11 is 5.84. The lowest BCUT2D eigenvalue weighted by molar-refractivity contribution is 0.192. The van der Waals surface area contributed by atoms with E-state index in [0.29, 0.717) is 6.04 Å². The van der Waals surface area contributed by atoms with Crippen molar-refractivity contribution in [1.29, 1.82) is 0 Å². The van der Waals surface area contributed by atoms with Crippen LogP contribution in [0.2, 0.25) is 5.02 Å². The van der Waals surface area contributed by atoms with Gasteiger partial charge in [-0.05, 0) is 50.6 Å². The van der Waals surface area contributed by atoms with Crippen LogP contribution in [0.5, 0.6) is 0 Å². The number of halogens is 2. The molecule has 2 atom stereocenters. The quantitative estimate of drug-likeness (QED) is 0.908. The molecule has 1 N–H and O–H groups in total. The van der Waals surface area contributed by atoms with Gasteiger partial charge in [0.2, 0.25) is 0 Å². The minimum Gasteiger partial charge on any atom is -0.306 e. The van der Waals surface area contributed by atoms with Crippen molar-refractivity contribution in [2.75, 3.05) is 19.6 Å². The van der Waals surface area contributed by atoms with Gasteiger partial charge in [0.15, 0.2) is 0 Å². The predicted octanol–water partition coefficient (Wildman–Crippen LogP) is 3.61. The van der Waals surface area contributed by atoms with Gasteiger partial charge in [-0.25, -0.2) is 4.39 Å². The van der Waals surface area contributed by atoms with E-state index in [9.17, 15) is 4.39 Å². The van der Waals surface area contributed by atoms with Crippen LogP contribution in [0.25, 0.3) is 0 Å². The van der Waals surface area contributed by atoms with E-state index in [4.69, 9.17) is 11.6 Å². The second-order valence-corrected chi connectivity index (χ2v) is 5.70. The number of hydrogen-bond donors (Lipinski definition) is 1. The molecule has 1 saturated heterocycles. The topological polar surface area (TPSA) is 15.3 Å². The third-order valence-corrected chi connectivity index (χ3v) is 4.17. The van der Waals surface area contributed by atoms with Gasteiger partial charge in [-0.2, -0.15) is 0 Å². The summed E-state index contributed by atoms with van der Waals surface area (Å²) in [5.74, 6) is -0.354. The van der Waals surface area contributed by atoms with E-state index in [1.54, 1.807) is 12.1 Å². The molecule has 0 aromatic heterocycles. The molecule has 2 rings (SSSR count). The first-order valence-electron chi connectivity index (χ1n) is 7.03. The average Bonchev–Trinajstić information content (AvgIpc) is 2.42. The molecular formula is C15H22ClFN2. The van der Waals surface area contributed by atoms with Gasteiger partial charge in [0.05, 0.1) is 5.02 Å². The molecule has 0 saturated carbocycles. The Morgan fingerprint density at radius 1 is 1.53 bits per heavy atom. The molecule has 2 nitrogen and oxygen atoms in total. The number of rotatable bonds is 4. The molecule has 1 aliphatic heterocycles. The molecule has 1 aromatic carbocycles. The molecule has 0 radical (unpaired) electrons. The summed E-state index contributed by atoms with van der Waals surface area (Å²) in [4.78, 5) is 2.46. The molecule has 1 aromatic rings. The molecule has 0 spiro atoms. The maximum Gasteiger partial charge on any atom is 0.141 e. The van der Waals surface area contributed by atoms with Crippen LogP contribution in [0.15, 0.2) is 18.2 Å². The van der Waals surface area contributed by atoms with E-state index in [2.05, 4.69) is 24.1 Å². The standard InChI is InChI=1S/C15H22ClFN2/c1-3-19-8-4-5-13(10-19)18-11(2)12-6-7-15(17)14(16)9-12/h6-7,9,11,13,18H,3-5,8,10H2,1-2H3. The Morgan fingerprint density at radius 3 is 3.00 bits per heavy atom. The molecular weight excluding hydrogens is 263 g/mol. The normalized spacial score (nSPS) is 22.4. The van der Waals surface area contributed by atoms with Crippen molar-refractivity contribution < 1.29 is 4.39 Å². The molecule has 1 aliphatic rings. The van der Waals surface area contributed by atoms with Crippen LogP contribution in [-0.4, -0.2) is 30.6 Å². The third kappa shape index (κ3) is 3.91. The van der Waals surface area contributed by atoms with Gasteiger partial charge >= 0.3 is 0 Å². The summed E-state index contributed by atoms with van der Waals surface area (Å²) < 4.78 is 13.2.